The molecule has 0 radical (unpaired) electrons. The molecule has 8 heteroatoms. The predicted molar refractivity (Wildman–Crippen MR) is 104 cm³/mol. The summed E-state index contributed by atoms with van der Waals surface area (Å²) in [5.74, 6) is 1.10. The maximum absolute atomic E-state index is 9.00. The molecule has 136 valence electrons. The van der Waals surface area contributed by atoms with Crippen molar-refractivity contribution in [3.8, 4) is 11.4 Å². The Bertz CT molecular complexity index is 1080. The molecule has 0 aliphatic carbocycles. The van der Waals surface area contributed by atoms with Gasteiger partial charge in [0.05, 0.1) is 42.3 Å². The molecule has 3 aromatic heterocycles. The van der Waals surface area contributed by atoms with Gasteiger partial charge in [-0.05, 0) is 23.8 Å². The number of benzene rings is 1. The maximum atomic E-state index is 9.00. The lowest BCUT2D eigenvalue weighted by Crippen LogP contribution is -2.06. The number of nitrogens with two attached hydrogens (primary N) is 1. The number of nitrogen functional groups attached to an aromatic ring is 1. The SMILES string of the molecule is Nc1cnc(-c2cnn(CCO)c2)nc1NCc1ccc2ncccc2c1. The molecule has 0 spiro atoms. The van der Waals surface area contributed by atoms with Crippen LogP contribution in [-0.2, 0) is 13.1 Å². The third kappa shape index (κ3) is 3.70. The van der Waals surface area contributed by atoms with Crippen LogP contribution in [0, 0.1) is 0 Å². The van der Waals surface area contributed by atoms with Crippen molar-refractivity contribution in [2.45, 2.75) is 13.1 Å². The van der Waals surface area contributed by atoms with Crippen molar-refractivity contribution in [3.05, 3.63) is 60.7 Å². The van der Waals surface area contributed by atoms with Crippen LogP contribution in [0.4, 0.5) is 11.5 Å². The van der Waals surface area contributed by atoms with Gasteiger partial charge in [0, 0.05) is 24.3 Å². The second-order valence-electron chi connectivity index (χ2n) is 6.10. The van der Waals surface area contributed by atoms with Crippen molar-refractivity contribution in [1.82, 2.24) is 24.7 Å². The standard InChI is InChI=1S/C19H19N7O/c20-16-11-23-18(15-10-24-26(12-15)6-7-27)25-19(16)22-9-13-3-4-17-14(8-13)2-1-5-21-17/h1-5,8,10-12,27H,6-7,9,20H2,(H,22,23,25). The molecular formula is C19H19N7O. The Labute approximate surface area is 155 Å². The van der Waals surface area contributed by atoms with Gasteiger partial charge in [0.1, 0.15) is 0 Å². The molecule has 0 bridgehead atoms. The quantitative estimate of drug-likeness (QED) is 0.481. The average Bonchev–Trinajstić information content (AvgIpc) is 3.16. The first-order valence-corrected chi connectivity index (χ1v) is 8.56. The summed E-state index contributed by atoms with van der Waals surface area (Å²) < 4.78 is 1.64. The molecular weight excluding hydrogens is 342 g/mol. The van der Waals surface area contributed by atoms with E-state index in [4.69, 9.17) is 10.8 Å². The number of aliphatic hydroxyl groups is 1. The normalized spacial score (nSPS) is 11.0. The summed E-state index contributed by atoms with van der Waals surface area (Å²) in [7, 11) is 0. The number of nitrogens with one attached hydrogen (secondary N) is 1. The minimum atomic E-state index is 0.0256. The lowest BCUT2D eigenvalue weighted by molar-refractivity contribution is 0.269. The van der Waals surface area contributed by atoms with Gasteiger partial charge in [-0.25, -0.2) is 9.97 Å². The van der Waals surface area contributed by atoms with E-state index in [1.807, 2.05) is 24.3 Å². The first kappa shape index (κ1) is 16.9. The van der Waals surface area contributed by atoms with Crippen LogP contribution in [0.1, 0.15) is 5.56 Å². The Morgan fingerprint density at radius 1 is 1.15 bits per heavy atom. The first-order valence-electron chi connectivity index (χ1n) is 8.56. The molecule has 0 aliphatic heterocycles. The van der Waals surface area contributed by atoms with E-state index >= 15 is 0 Å². The molecule has 8 nitrogen and oxygen atoms in total. The highest BCUT2D eigenvalue weighted by Crippen LogP contribution is 2.21. The summed E-state index contributed by atoms with van der Waals surface area (Å²) >= 11 is 0. The largest absolute Gasteiger partial charge is 0.394 e. The zero-order valence-corrected chi connectivity index (χ0v) is 14.6. The van der Waals surface area contributed by atoms with E-state index in [0.717, 1.165) is 22.0 Å². The molecule has 27 heavy (non-hydrogen) atoms. The average molecular weight is 361 g/mol. The van der Waals surface area contributed by atoms with Crippen molar-refractivity contribution in [3.63, 3.8) is 0 Å². The van der Waals surface area contributed by atoms with Crippen LogP contribution in [-0.4, -0.2) is 36.4 Å². The summed E-state index contributed by atoms with van der Waals surface area (Å²) in [6.45, 7) is 1.03. The Hall–Kier alpha value is -3.52. The highest BCUT2D eigenvalue weighted by atomic mass is 16.3. The predicted octanol–water partition coefficient (Wildman–Crippen LogP) is 2.07. The van der Waals surface area contributed by atoms with Gasteiger partial charge in [-0.15, -0.1) is 0 Å². The van der Waals surface area contributed by atoms with Gasteiger partial charge in [0.2, 0.25) is 0 Å². The topological polar surface area (TPSA) is 115 Å². The number of pyridine rings is 1. The van der Waals surface area contributed by atoms with Crippen molar-refractivity contribution < 1.29 is 5.11 Å². The van der Waals surface area contributed by atoms with Gasteiger partial charge >= 0.3 is 0 Å². The minimum absolute atomic E-state index is 0.0256. The van der Waals surface area contributed by atoms with E-state index in [1.54, 1.807) is 29.5 Å². The molecule has 3 heterocycles. The number of hydrogen-bond donors (Lipinski definition) is 3. The monoisotopic (exact) mass is 361 g/mol. The van der Waals surface area contributed by atoms with Gasteiger partial charge in [0.15, 0.2) is 11.6 Å². The Kier molecular flexibility index (Phi) is 4.63. The highest BCUT2D eigenvalue weighted by Gasteiger charge is 2.09. The van der Waals surface area contributed by atoms with Crippen LogP contribution in [0.2, 0.25) is 0 Å². The van der Waals surface area contributed by atoms with Crippen molar-refractivity contribution in [2.75, 3.05) is 17.7 Å². The minimum Gasteiger partial charge on any atom is -0.394 e. The third-order valence-electron chi connectivity index (χ3n) is 4.16. The maximum Gasteiger partial charge on any atom is 0.164 e. The van der Waals surface area contributed by atoms with Crippen LogP contribution < -0.4 is 11.1 Å². The molecule has 0 aliphatic rings. The van der Waals surface area contributed by atoms with Gasteiger partial charge in [-0.3, -0.25) is 9.67 Å². The summed E-state index contributed by atoms with van der Waals surface area (Å²) in [5.41, 5.74) is 9.33. The van der Waals surface area contributed by atoms with Crippen LogP contribution in [0.3, 0.4) is 0 Å². The van der Waals surface area contributed by atoms with Gasteiger partial charge < -0.3 is 16.2 Å². The molecule has 0 saturated carbocycles. The molecule has 0 atom stereocenters. The summed E-state index contributed by atoms with van der Waals surface area (Å²) in [6, 6.07) is 10.1. The van der Waals surface area contributed by atoms with Crippen LogP contribution >= 0.6 is 0 Å². The fourth-order valence-electron chi connectivity index (χ4n) is 2.80. The number of fused-ring (bicyclic) bond motifs is 1. The Balaban J connectivity index is 1.53. The van der Waals surface area contributed by atoms with Gasteiger partial charge in [-0.1, -0.05) is 12.1 Å². The summed E-state index contributed by atoms with van der Waals surface area (Å²) in [4.78, 5) is 13.1. The number of rotatable bonds is 6. The van der Waals surface area contributed by atoms with E-state index in [2.05, 4.69) is 31.4 Å². The lowest BCUT2D eigenvalue weighted by Gasteiger charge is -2.10. The van der Waals surface area contributed by atoms with Crippen LogP contribution in [0.25, 0.3) is 22.3 Å². The molecule has 4 rings (SSSR count). The Morgan fingerprint density at radius 2 is 2.07 bits per heavy atom. The van der Waals surface area contributed by atoms with Gasteiger partial charge in [-0.2, -0.15) is 5.10 Å². The van der Waals surface area contributed by atoms with E-state index in [1.165, 1.54) is 0 Å². The molecule has 0 unspecified atom stereocenters. The number of aliphatic hydroxyl groups excluding tert-OH is 1. The summed E-state index contributed by atoms with van der Waals surface area (Å²) in [6.07, 6.45) is 6.83. The fourth-order valence-corrected chi connectivity index (χ4v) is 2.80. The smallest absolute Gasteiger partial charge is 0.164 e. The lowest BCUT2D eigenvalue weighted by atomic mass is 10.1. The van der Waals surface area contributed by atoms with Crippen molar-refractivity contribution in [1.29, 1.82) is 0 Å². The summed E-state index contributed by atoms with van der Waals surface area (Å²) in [5, 5.41) is 17.5. The second kappa shape index (κ2) is 7.38. The second-order valence-corrected chi connectivity index (χ2v) is 6.10. The third-order valence-corrected chi connectivity index (χ3v) is 4.16. The number of nitrogens with zero attached hydrogens (tertiary/aromatic N) is 5. The highest BCUT2D eigenvalue weighted by molar-refractivity contribution is 5.79. The Morgan fingerprint density at radius 3 is 2.96 bits per heavy atom. The number of aromatic nitrogens is 5. The number of hydrogen-bond acceptors (Lipinski definition) is 7. The van der Waals surface area contributed by atoms with Crippen LogP contribution in [0.5, 0.6) is 0 Å². The van der Waals surface area contributed by atoms with Crippen molar-refractivity contribution >= 4 is 22.4 Å². The fraction of sp³-hybridized carbons (Fsp3) is 0.158. The van der Waals surface area contributed by atoms with Crippen molar-refractivity contribution in [2.24, 2.45) is 0 Å². The molecule has 0 saturated heterocycles. The van der Waals surface area contributed by atoms with E-state index < -0.39 is 0 Å². The zero-order chi connectivity index (χ0) is 18.6. The number of anilines is 2. The zero-order valence-electron chi connectivity index (χ0n) is 14.6. The van der Waals surface area contributed by atoms with Crippen LogP contribution in [0.15, 0.2) is 55.1 Å². The first-order chi connectivity index (χ1) is 13.2. The van der Waals surface area contributed by atoms with E-state index in [-0.39, 0.29) is 6.61 Å². The molecule has 4 aromatic rings. The van der Waals surface area contributed by atoms with Gasteiger partial charge in [0.25, 0.3) is 0 Å². The molecule has 4 N–H and O–H groups in total. The molecule has 0 amide bonds. The van der Waals surface area contributed by atoms with E-state index in [0.29, 0.717) is 30.4 Å². The molecule has 1 aromatic carbocycles. The van der Waals surface area contributed by atoms with E-state index in [9.17, 15) is 0 Å². The molecule has 0 fully saturated rings.